The first-order chi connectivity index (χ1) is 39.8. The zero-order valence-electron chi connectivity index (χ0n) is 50.8. The fourth-order valence-corrected chi connectivity index (χ4v) is 11.9. The number of amidine groups is 1. The Morgan fingerprint density at radius 1 is 0.793 bits per heavy atom. The van der Waals surface area contributed by atoms with Crippen molar-refractivity contribution in [3.63, 3.8) is 0 Å². The van der Waals surface area contributed by atoms with E-state index < -0.39 is 73.4 Å². The molecule has 0 amide bonds. The second-order valence-corrected chi connectivity index (χ2v) is 29.1. The fourth-order valence-electron chi connectivity index (χ4n) is 9.09. The number of carbonyl (C=O) groups is 1. The van der Waals surface area contributed by atoms with Crippen LogP contribution < -0.4 is 72.3 Å². The first kappa shape index (κ1) is 75.2. The standard InChI is InChI=1S/C58H72N6O16S5.2Na/c1-10-78-79-54(65)18-12-11-13-34-64(82(9,66)67)49-29-25-45(26-30-49)20-22-47-39-51-56(62(41-47)36-32-43(3)85(74,75)76)60-53(58(51,6)7)17-14-16-52-57(4,5)50-38-46(40-61(55(50)59-52)35-31-42(2)84(71,72)73)21-19-44-23-27-48(28-24-44)63(81-80-77-8)33-15-37-83(68,69)70;;/h14,16-17,23-30,38-43H,10-13,15,18,31-37H2,1-9H3,(H2-,68,69,70,71,72,73,74,75,76);;/q;2*+1/p-2. The Morgan fingerprint density at radius 3 is 2.00 bits per heavy atom. The predicted octanol–water partition coefficient (Wildman–Crippen LogP) is 1.15. The first-order valence-corrected chi connectivity index (χ1v) is 34.3. The van der Waals surface area contributed by atoms with E-state index in [2.05, 4.69) is 33.5 Å². The van der Waals surface area contributed by atoms with E-state index >= 15 is 0 Å². The van der Waals surface area contributed by atoms with E-state index in [1.54, 1.807) is 81.6 Å². The van der Waals surface area contributed by atoms with Gasteiger partial charge in [-0.05, 0) is 138 Å². The molecule has 3 aliphatic heterocycles. The molecule has 4 heterocycles. The Labute approximate surface area is 561 Å². The van der Waals surface area contributed by atoms with Crippen molar-refractivity contribution in [3.05, 3.63) is 130 Å². The molecule has 0 saturated carbocycles. The summed E-state index contributed by atoms with van der Waals surface area (Å²) < 4.78 is 141. The molecule has 2 aromatic carbocycles. The number of unbranched alkanes of at least 4 members (excludes halogenated alkanes) is 2. The molecular formula is C58H70N6Na2O16S5. The molecule has 0 aliphatic carbocycles. The van der Waals surface area contributed by atoms with Crippen LogP contribution in [0.5, 0.6) is 0 Å². The maximum absolute atomic E-state index is 12.8. The average molecular weight is 1310 g/mol. The van der Waals surface area contributed by atoms with E-state index in [4.69, 9.17) is 19.2 Å². The van der Waals surface area contributed by atoms with E-state index in [1.165, 1.54) is 25.3 Å². The molecule has 0 bridgehead atoms. The molecule has 1 aromatic heterocycles. The number of pyridine rings is 1. The molecule has 22 nitrogen and oxygen atoms in total. The van der Waals surface area contributed by atoms with Crippen LogP contribution in [0.25, 0.3) is 0 Å². The summed E-state index contributed by atoms with van der Waals surface area (Å²) in [6.45, 7) is 13.3. The van der Waals surface area contributed by atoms with Crippen molar-refractivity contribution >= 4 is 87.3 Å². The largest absolute Gasteiger partial charge is 1.00 e. The number of carbonyl (C=O) groups excluding carboxylic acids is 1. The van der Waals surface area contributed by atoms with Gasteiger partial charge in [0.15, 0.2) is 17.9 Å². The number of allylic oxidation sites excluding steroid dienone is 6. The topological polar surface area (TPSA) is 298 Å². The van der Waals surface area contributed by atoms with Crippen LogP contribution in [-0.2, 0) is 76.1 Å². The van der Waals surface area contributed by atoms with Crippen molar-refractivity contribution in [2.45, 2.75) is 116 Å². The van der Waals surface area contributed by atoms with Crippen molar-refractivity contribution in [2.75, 3.05) is 54.0 Å². The smallest absolute Gasteiger partial charge is 0.748 e. The van der Waals surface area contributed by atoms with Crippen LogP contribution in [-0.4, -0.2) is 126 Å². The van der Waals surface area contributed by atoms with E-state index in [0.29, 0.717) is 76.0 Å². The van der Waals surface area contributed by atoms with Crippen molar-refractivity contribution in [1.82, 2.24) is 4.90 Å². The summed E-state index contributed by atoms with van der Waals surface area (Å²) in [4.78, 5) is 37.7. The molecule has 6 rings (SSSR count). The van der Waals surface area contributed by atoms with Crippen LogP contribution in [0.3, 0.4) is 0 Å². The number of hydrogen-bond acceptors (Lipinski definition) is 21. The maximum atomic E-state index is 12.8. The van der Waals surface area contributed by atoms with Crippen LogP contribution in [0.15, 0.2) is 118 Å². The Bertz CT molecular complexity index is 3760. The summed E-state index contributed by atoms with van der Waals surface area (Å²) in [5.41, 5.74) is 4.92. The van der Waals surface area contributed by atoms with Gasteiger partial charge >= 0.3 is 70.9 Å². The van der Waals surface area contributed by atoms with Crippen LogP contribution in [0.1, 0.15) is 116 Å². The van der Waals surface area contributed by atoms with Crippen LogP contribution in [0.4, 0.5) is 17.2 Å². The second kappa shape index (κ2) is 32.7. The van der Waals surface area contributed by atoms with Crippen LogP contribution in [0.2, 0.25) is 0 Å². The summed E-state index contributed by atoms with van der Waals surface area (Å²) in [5, 5.41) is -2.37. The number of benzene rings is 2. The number of nitrogens with zero attached hydrogens (tertiary/aromatic N) is 6. The zero-order valence-corrected chi connectivity index (χ0v) is 58.8. The molecule has 2 unspecified atom stereocenters. The minimum absolute atomic E-state index is 0. The van der Waals surface area contributed by atoms with Gasteiger partial charge in [0.1, 0.15) is 12.0 Å². The average Bonchev–Trinajstić information content (AvgIpc) is 1.66. The summed E-state index contributed by atoms with van der Waals surface area (Å²) >= 11 is 0.826. The number of fused-ring (bicyclic) bond motifs is 2. The Balaban J connectivity index is 0.00000810. The van der Waals surface area contributed by atoms with Crippen molar-refractivity contribution in [3.8, 4) is 23.7 Å². The first-order valence-electron chi connectivity index (χ1n) is 27.2. The van der Waals surface area contributed by atoms with Gasteiger partial charge in [0.2, 0.25) is 10.0 Å². The fraction of sp³-hybridized carbons (Fsp3) is 0.448. The number of rotatable bonds is 28. The SMILES string of the molecule is CCOOC(=O)CCCCCN(c1ccc(C#Cc2cc3c([n+](CCC(C)S(=O)(=O)[O-])c2)N=C(/C=C/C=C2\N=C4C(=CC(C#Cc5ccc(N(CCCS(=O)(=O)[O-])SOOC)cc5)=CN4CCC(C)S(=O)(=O)[O-])C2(C)C)C3(C)C)cc1)S(C)(=O)=O.[Na+].[Na+]. The molecule has 0 saturated heterocycles. The quantitative estimate of drug-likeness (QED) is 0.0113. The van der Waals surface area contributed by atoms with Gasteiger partial charge < -0.3 is 18.6 Å². The van der Waals surface area contributed by atoms with Crippen molar-refractivity contribution in [1.29, 1.82) is 0 Å². The summed E-state index contributed by atoms with van der Waals surface area (Å²) in [5.74, 6) is 12.8. The van der Waals surface area contributed by atoms with Crippen molar-refractivity contribution < 1.29 is 135 Å². The van der Waals surface area contributed by atoms with Gasteiger partial charge in [-0.15, -0.1) is 4.33 Å². The van der Waals surface area contributed by atoms with E-state index in [1.807, 2.05) is 58.1 Å². The normalized spacial score (nSPS) is 16.3. The van der Waals surface area contributed by atoms with Gasteiger partial charge in [0.25, 0.3) is 0 Å². The third-order valence-electron chi connectivity index (χ3n) is 14.2. The van der Waals surface area contributed by atoms with Crippen molar-refractivity contribution in [2.24, 2.45) is 15.4 Å². The number of hydrogen-bond donors (Lipinski definition) is 0. The van der Waals surface area contributed by atoms with E-state index in [0.717, 1.165) is 29.6 Å². The van der Waals surface area contributed by atoms with Crippen LogP contribution >= 0.6 is 12.2 Å². The summed E-state index contributed by atoms with van der Waals surface area (Å²) in [6.07, 6.45) is 13.9. The van der Waals surface area contributed by atoms with E-state index in [9.17, 15) is 52.1 Å². The Kier molecular flexibility index (Phi) is 28.3. The minimum atomic E-state index is -4.59. The molecule has 0 N–H and O–H groups in total. The van der Waals surface area contributed by atoms with Gasteiger partial charge in [-0.1, -0.05) is 50.0 Å². The number of sulfonamides is 1. The monoisotopic (exact) mass is 1310 g/mol. The van der Waals surface area contributed by atoms with E-state index in [-0.39, 0.29) is 118 Å². The number of anilines is 2. The number of aromatic nitrogens is 1. The summed E-state index contributed by atoms with van der Waals surface area (Å²) in [6, 6.07) is 15.7. The second-order valence-electron chi connectivity index (χ2n) is 21.4. The molecule has 87 heavy (non-hydrogen) atoms. The molecule has 29 heteroatoms. The number of aliphatic imine (C=N–C) groups is 2. The minimum Gasteiger partial charge on any atom is -0.748 e. The molecular weight excluding hydrogens is 1240 g/mol. The maximum Gasteiger partial charge on any atom is 1.00 e. The molecule has 460 valence electrons. The van der Waals surface area contributed by atoms with Gasteiger partial charge in [0.05, 0.1) is 90.0 Å². The zero-order chi connectivity index (χ0) is 62.5. The molecule has 0 fully saturated rings. The molecule has 0 radical (unpaired) electrons. The predicted molar refractivity (Wildman–Crippen MR) is 322 cm³/mol. The summed E-state index contributed by atoms with van der Waals surface area (Å²) in [7, 11) is -15.9. The Hall–Kier alpha value is -4.21. The van der Waals surface area contributed by atoms with Gasteiger partial charge in [0, 0.05) is 83.1 Å². The van der Waals surface area contributed by atoms with Gasteiger partial charge in [-0.3, -0.25) is 13.5 Å². The van der Waals surface area contributed by atoms with Gasteiger partial charge in [-0.2, -0.15) is 4.89 Å². The molecule has 3 aliphatic rings. The Morgan fingerprint density at radius 2 is 1.40 bits per heavy atom. The molecule has 0 spiro atoms. The molecule has 3 aromatic rings. The van der Waals surface area contributed by atoms with Gasteiger partial charge in [-0.25, -0.2) is 52.9 Å². The third-order valence-corrected chi connectivity index (χ3v) is 19.4. The molecule has 2 atom stereocenters. The third kappa shape index (κ3) is 21.7. The van der Waals surface area contributed by atoms with Crippen LogP contribution in [0, 0.1) is 29.1 Å². The number of aryl methyl sites for hydroxylation is 1.